The van der Waals surface area contributed by atoms with Crippen LogP contribution in [0.2, 0.25) is 0 Å². The van der Waals surface area contributed by atoms with E-state index < -0.39 is 22.5 Å². The monoisotopic (exact) mass is 286 g/mol. The lowest BCUT2D eigenvalue weighted by Gasteiger charge is -2.13. The maximum atomic E-state index is 12.1. The van der Waals surface area contributed by atoms with Crippen LogP contribution in [0.1, 0.15) is 0 Å². The van der Waals surface area contributed by atoms with Gasteiger partial charge in [0.05, 0.1) is 4.83 Å². The molecule has 0 aliphatic carbocycles. The second-order valence-electron chi connectivity index (χ2n) is 1.56. The molecule has 0 saturated carbocycles. The first-order chi connectivity index (χ1) is 4.46. The van der Waals surface area contributed by atoms with E-state index in [2.05, 4.69) is 31.9 Å². The van der Waals surface area contributed by atoms with Crippen molar-refractivity contribution in [3.05, 3.63) is 0 Å². The highest BCUT2D eigenvalue weighted by Gasteiger charge is 2.32. The third-order valence-electron chi connectivity index (χ3n) is 0.786. The zero-order valence-electron chi connectivity index (χ0n) is 4.58. The van der Waals surface area contributed by atoms with Gasteiger partial charge in [-0.3, -0.25) is 0 Å². The zero-order valence-corrected chi connectivity index (χ0v) is 7.75. The SMILES string of the molecule is FC(F)C(F)C(Br)C(F)Br. The van der Waals surface area contributed by atoms with Crippen molar-refractivity contribution in [3.8, 4) is 0 Å². The van der Waals surface area contributed by atoms with Crippen LogP contribution in [0.25, 0.3) is 0 Å². The van der Waals surface area contributed by atoms with Crippen LogP contribution in [-0.2, 0) is 0 Å². The van der Waals surface area contributed by atoms with Gasteiger partial charge in [-0.05, 0) is 0 Å². The Balaban J connectivity index is 3.81. The van der Waals surface area contributed by atoms with Crippen molar-refractivity contribution >= 4 is 31.9 Å². The molecule has 0 aromatic carbocycles. The van der Waals surface area contributed by atoms with E-state index in [1.807, 2.05) is 0 Å². The molecule has 0 radical (unpaired) electrons. The van der Waals surface area contributed by atoms with Crippen LogP contribution in [-0.4, -0.2) is 22.5 Å². The lowest BCUT2D eigenvalue weighted by Crippen LogP contribution is -2.28. The Bertz CT molecular complexity index is 85.3. The van der Waals surface area contributed by atoms with Gasteiger partial charge in [-0.2, -0.15) is 0 Å². The summed E-state index contributed by atoms with van der Waals surface area (Å²) in [6.45, 7) is 0. The minimum atomic E-state index is -3.15. The first-order valence-electron chi connectivity index (χ1n) is 2.31. The fraction of sp³-hybridized carbons (Fsp3) is 1.00. The molecule has 0 N–H and O–H groups in total. The summed E-state index contributed by atoms with van der Waals surface area (Å²) in [6, 6.07) is 0. The Morgan fingerprint density at radius 2 is 1.30 bits per heavy atom. The molecule has 0 aromatic heterocycles. The molecular formula is C4H4Br2F4. The smallest absolute Gasteiger partial charge is 0.240 e. The van der Waals surface area contributed by atoms with E-state index >= 15 is 0 Å². The molecule has 3 unspecified atom stereocenters. The third-order valence-corrected chi connectivity index (χ3v) is 3.03. The van der Waals surface area contributed by atoms with Gasteiger partial charge in [-0.1, -0.05) is 31.9 Å². The molecule has 0 spiro atoms. The largest absolute Gasteiger partial charge is 0.270 e. The van der Waals surface area contributed by atoms with Gasteiger partial charge in [0.2, 0.25) is 0 Å². The molecule has 0 saturated heterocycles. The minimum Gasteiger partial charge on any atom is -0.240 e. The molecule has 0 aliphatic rings. The molecule has 0 aliphatic heterocycles. The summed E-state index contributed by atoms with van der Waals surface area (Å²) in [6.07, 6.45) is -5.63. The number of hydrogen-bond donors (Lipinski definition) is 0. The second kappa shape index (κ2) is 4.54. The molecule has 10 heavy (non-hydrogen) atoms. The molecule has 62 valence electrons. The number of hydrogen-bond acceptors (Lipinski definition) is 0. The summed E-state index contributed by atoms with van der Waals surface area (Å²) >= 11 is 4.75. The van der Waals surface area contributed by atoms with Gasteiger partial charge in [0.15, 0.2) is 11.3 Å². The van der Waals surface area contributed by atoms with Crippen molar-refractivity contribution in [2.45, 2.75) is 22.5 Å². The van der Waals surface area contributed by atoms with E-state index in [1.54, 1.807) is 0 Å². The van der Waals surface area contributed by atoms with Crippen molar-refractivity contribution in [2.24, 2.45) is 0 Å². The van der Waals surface area contributed by atoms with Crippen molar-refractivity contribution in [2.75, 3.05) is 0 Å². The third kappa shape index (κ3) is 3.18. The molecule has 0 rings (SSSR count). The standard InChI is InChI=1S/C4H4Br2F4/c5-1(3(6)8)2(7)4(9)10/h1-4H. The Morgan fingerprint density at radius 3 is 1.40 bits per heavy atom. The van der Waals surface area contributed by atoms with Gasteiger partial charge >= 0.3 is 0 Å². The van der Waals surface area contributed by atoms with E-state index in [0.717, 1.165) is 0 Å². The molecule has 0 nitrogen and oxygen atoms in total. The van der Waals surface area contributed by atoms with Crippen LogP contribution in [0.15, 0.2) is 0 Å². The highest BCUT2D eigenvalue weighted by atomic mass is 79.9. The number of alkyl halides is 6. The van der Waals surface area contributed by atoms with Gasteiger partial charge in [0, 0.05) is 0 Å². The fourth-order valence-corrected chi connectivity index (χ4v) is 0.800. The van der Waals surface area contributed by atoms with Crippen LogP contribution in [0, 0.1) is 0 Å². The van der Waals surface area contributed by atoms with Crippen molar-refractivity contribution in [1.29, 1.82) is 0 Å². The van der Waals surface area contributed by atoms with E-state index in [9.17, 15) is 17.6 Å². The Labute approximate surface area is 72.2 Å². The van der Waals surface area contributed by atoms with Gasteiger partial charge in [0.1, 0.15) is 0 Å². The average Bonchev–Trinajstić information content (AvgIpc) is 1.84. The van der Waals surface area contributed by atoms with E-state index in [4.69, 9.17) is 0 Å². The van der Waals surface area contributed by atoms with Gasteiger partial charge < -0.3 is 0 Å². The van der Waals surface area contributed by atoms with Crippen LogP contribution in [0.5, 0.6) is 0 Å². The first kappa shape index (κ1) is 10.7. The van der Waals surface area contributed by atoms with Crippen molar-refractivity contribution in [1.82, 2.24) is 0 Å². The first-order valence-corrected chi connectivity index (χ1v) is 4.14. The lowest BCUT2D eigenvalue weighted by atomic mass is 10.3. The predicted octanol–water partition coefficient (Wildman–Crippen LogP) is 3.04. The molecule has 0 fully saturated rings. The van der Waals surface area contributed by atoms with Crippen LogP contribution >= 0.6 is 31.9 Å². The molecule has 0 aromatic rings. The topological polar surface area (TPSA) is 0 Å². The van der Waals surface area contributed by atoms with Crippen LogP contribution in [0.4, 0.5) is 17.6 Å². The highest BCUT2D eigenvalue weighted by Crippen LogP contribution is 2.24. The Morgan fingerprint density at radius 1 is 0.900 bits per heavy atom. The summed E-state index contributed by atoms with van der Waals surface area (Å²) in [5, 5.41) is -1.79. The lowest BCUT2D eigenvalue weighted by molar-refractivity contribution is 0.0447. The van der Waals surface area contributed by atoms with Crippen molar-refractivity contribution < 1.29 is 17.6 Å². The quantitative estimate of drug-likeness (QED) is 0.553. The molecule has 0 amide bonds. The van der Waals surface area contributed by atoms with Gasteiger partial charge in [-0.25, -0.2) is 17.6 Å². The van der Waals surface area contributed by atoms with Crippen LogP contribution in [0.3, 0.4) is 0 Å². The average molecular weight is 288 g/mol. The summed E-state index contributed by atoms with van der Waals surface area (Å²) in [7, 11) is 0. The van der Waals surface area contributed by atoms with Gasteiger partial charge in [-0.15, -0.1) is 0 Å². The highest BCUT2D eigenvalue weighted by molar-refractivity contribution is 9.12. The molecule has 0 heterocycles. The zero-order chi connectivity index (χ0) is 8.31. The molecule has 6 heteroatoms. The summed E-state index contributed by atoms with van der Waals surface area (Å²) in [5.41, 5.74) is 0. The Kier molecular flexibility index (Phi) is 4.84. The van der Waals surface area contributed by atoms with Gasteiger partial charge in [0.25, 0.3) is 6.43 Å². The van der Waals surface area contributed by atoms with E-state index in [-0.39, 0.29) is 0 Å². The number of halogens is 6. The summed E-state index contributed by atoms with van der Waals surface area (Å²) < 4.78 is 47.0. The van der Waals surface area contributed by atoms with Crippen LogP contribution < -0.4 is 0 Å². The van der Waals surface area contributed by atoms with E-state index in [1.165, 1.54) is 0 Å². The minimum absolute atomic E-state index is 1.49. The molecule has 3 atom stereocenters. The molecule has 0 bridgehead atoms. The Hall–Kier alpha value is 0.680. The maximum Gasteiger partial charge on any atom is 0.270 e. The second-order valence-corrected chi connectivity index (χ2v) is 3.49. The number of rotatable bonds is 3. The summed E-state index contributed by atoms with van der Waals surface area (Å²) in [4.78, 5) is -1.49. The summed E-state index contributed by atoms with van der Waals surface area (Å²) in [5.74, 6) is 0. The molecular weight excluding hydrogens is 284 g/mol. The van der Waals surface area contributed by atoms with E-state index in [0.29, 0.717) is 0 Å². The van der Waals surface area contributed by atoms with Crippen molar-refractivity contribution in [3.63, 3.8) is 0 Å². The normalized spacial score (nSPS) is 20.7. The fourth-order valence-electron chi connectivity index (χ4n) is 0.278. The maximum absolute atomic E-state index is 12.1. The predicted molar refractivity (Wildman–Crippen MR) is 37.4 cm³/mol.